The molecule has 6 heteroatoms. The van der Waals surface area contributed by atoms with Gasteiger partial charge in [-0.15, -0.1) is 0 Å². The van der Waals surface area contributed by atoms with Gasteiger partial charge in [0.05, 0.1) is 23.1 Å². The van der Waals surface area contributed by atoms with Crippen molar-refractivity contribution in [3.05, 3.63) is 17.5 Å². The summed E-state index contributed by atoms with van der Waals surface area (Å²) in [5.41, 5.74) is 0.821. The maximum Gasteiger partial charge on any atom is 0.254 e. The second-order valence-electron chi connectivity index (χ2n) is 6.37. The Labute approximate surface area is 130 Å². The van der Waals surface area contributed by atoms with Gasteiger partial charge >= 0.3 is 0 Å². The number of hydrogen-bond donors (Lipinski definition) is 2. The van der Waals surface area contributed by atoms with E-state index in [-0.39, 0.29) is 18.5 Å². The van der Waals surface area contributed by atoms with Gasteiger partial charge in [0, 0.05) is 24.3 Å². The fourth-order valence-corrected chi connectivity index (χ4v) is 3.17. The summed E-state index contributed by atoms with van der Waals surface area (Å²) in [6.07, 6.45) is 5.85. The Morgan fingerprint density at radius 2 is 2.29 bits per heavy atom. The van der Waals surface area contributed by atoms with Crippen LogP contribution in [0.25, 0.3) is 0 Å². The molecule has 1 saturated carbocycles. The second kappa shape index (κ2) is 6.40. The van der Waals surface area contributed by atoms with Crippen LogP contribution in [0.15, 0.2) is 6.20 Å². The number of thioether (sulfide) groups is 1. The highest BCUT2D eigenvalue weighted by molar-refractivity contribution is 7.98. The van der Waals surface area contributed by atoms with E-state index in [1.165, 1.54) is 0 Å². The SMILES string of the molecule is CSCC(C)(O)CNC(=O)c1cnn(C(C)C)c1C1CC1. The topological polar surface area (TPSA) is 67.2 Å². The van der Waals surface area contributed by atoms with Gasteiger partial charge in [0.1, 0.15) is 0 Å². The Bertz CT molecular complexity index is 507. The molecule has 1 aromatic heterocycles. The molecule has 5 nitrogen and oxygen atoms in total. The molecule has 1 heterocycles. The molecule has 0 saturated heterocycles. The highest BCUT2D eigenvalue weighted by atomic mass is 32.2. The molecule has 0 aliphatic heterocycles. The van der Waals surface area contributed by atoms with Crippen LogP contribution < -0.4 is 5.32 Å². The monoisotopic (exact) mass is 311 g/mol. The molecule has 1 aliphatic carbocycles. The fraction of sp³-hybridized carbons (Fsp3) is 0.733. The van der Waals surface area contributed by atoms with Gasteiger partial charge in [0.2, 0.25) is 0 Å². The minimum absolute atomic E-state index is 0.134. The van der Waals surface area contributed by atoms with Crippen molar-refractivity contribution < 1.29 is 9.90 Å². The van der Waals surface area contributed by atoms with Gasteiger partial charge in [-0.1, -0.05) is 0 Å². The number of nitrogens with one attached hydrogen (secondary N) is 1. The minimum Gasteiger partial charge on any atom is -0.387 e. The standard InChI is InChI=1S/C15H25N3O2S/c1-10(2)18-13(11-5-6-11)12(7-17-18)14(19)16-8-15(3,20)9-21-4/h7,10-11,20H,5-6,8-9H2,1-4H3,(H,16,19). The van der Waals surface area contributed by atoms with Crippen LogP contribution in [-0.2, 0) is 0 Å². The van der Waals surface area contributed by atoms with Crippen molar-refractivity contribution in [2.75, 3.05) is 18.6 Å². The number of carbonyl (C=O) groups is 1. The predicted octanol–water partition coefficient (Wildman–Crippen LogP) is 2.19. The van der Waals surface area contributed by atoms with E-state index in [1.807, 2.05) is 10.9 Å². The van der Waals surface area contributed by atoms with Crippen molar-refractivity contribution in [1.29, 1.82) is 0 Å². The smallest absolute Gasteiger partial charge is 0.254 e. The molecule has 2 N–H and O–H groups in total. The Morgan fingerprint density at radius 3 is 2.81 bits per heavy atom. The molecular weight excluding hydrogens is 286 g/mol. The van der Waals surface area contributed by atoms with E-state index in [1.54, 1.807) is 24.9 Å². The first-order chi connectivity index (χ1) is 9.85. The first-order valence-corrected chi connectivity index (χ1v) is 8.82. The lowest BCUT2D eigenvalue weighted by Gasteiger charge is -2.22. The first-order valence-electron chi connectivity index (χ1n) is 7.42. The number of hydrogen-bond acceptors (Lipinski definition) is 4. The second-order valence-corrected chi connectivity index (χ2v) is 7.23. The van der Waals surface area contributed by atoms with Gasteiger partial charge in [-0.2, -0.15) is 16.9 Å². The van der Waals surface area contributed by atoms with Crippen LogP contribution in [0.1, 0.15) is 61.6 Å². The molecule has 0 aromatic carbocycles. The molecular formula is C15H25N3O2S. The summed E-state index contributed by atoms with van der Waals surface area (Å²) in [6, 6.07) is 0.252. The van der Waals surface area contributed by atoms with Crippen LogP contribution in [0.3, 0.4) is 0 Å². The molecule has 1 aromatic rings. The van der Waals surface area contributed by atoms with E-state index < -0.39 is 5.60 Å². The quantitative estimate of drug-likeness (QED) is 0.810. The minimum atomic E-state index is -0.886. The van der Waals surface area contributed by atoms with Gasteiger partial charge < -0.3 is 10.4 Å². The zero-order valence-corrected chi connectivity index (χ0v) is 14.0. The zero-order valence-electron chi connectivity index (χ0n) is 13.2. The molecule has 1 unspecified atom stereocenters. The van der Waals surface area contributed by atoms with Crippen molar-refractivity contribution in [2.45, 2.75) is 51.2 Å². The predicted molar refractivity (Wildman–Crippen MR) is 85.9 cm³/mol. The van der Waals surface area contributed by atoms with Crippen LogP contribution in [0.4, 0.5) is 0 Å². The Hall–Kier alpha value is -1.01. The molecule has 0 spiro atoms. The van der Waals surface area contributed by atoms with Crippen LogP contribution in [0, 0.1) is 0 Å². The van der Waals surface area contributed by atoms with Crippen LogP contribution in [0.5, 0.6) is 0 Å². The van der Waals surface area contributed by atoms with E-state index in [0.29, 0.717) is 17.2 Å². The van der Waals surface area contributed by atoms with E-state index in [9.17, 15) is 9.90 Å². The van der Waals surface area contributed by atoms with Crippen molar-refractivity contribution in [2.24, 2.45) is 0 Å². The summed E-state index contributed by atoms with van der Waals surface area (Å²) < 4.78 is 1.95. The van der Waals surface area contributed by atoms with Crippen molar-refractivity contribution in [1.82, 2.24) is 15.1 Å². The summed E-state index contributed by atoms with van der Waals surface area (Å²) in [4.78, 5) is 12.4. The lowest BCUT2D eigenvalue weighted by molar-refractivity contribution is 0.0724. The number of carbonyl (C=O) groups excluding carboxylic acids is 1. The first kappa shape index (κ1) is 16.4. The van der Waals surface area contributed by atoms with E-state index >= 15 is 0 Å². The molecule has 1 atom stereocenters. The van der Waals surface area contributed by atoms with Gasteiger partial charge in [-0.3, -0.25) is 9.48 Å². The third-order valence-electron chi connectivity index (χ3n) is 3.62. The lowest BCUT2D eigenvalue weighted by Crippen LogP contribution is -2.42. The molecule has 1 aliphatic rings. The van der Waals surface area contributed by atoms with Gasteiger partial charge in [-0.05, 0) is 39.9 Å². The highest BCUT2D eigenvalue weighted by Crippen LogP contribution is 2.42. The summed E-state index contributed by atoms with van der Waals surface area (Å²) in [6.45, 7) is 6.14. The number of aromatic nitrogens is 2. The van der Waals surface area contributed by atoms with Crippen molar-refractivity contribution >= 4 is 17.7 Å². The molecule has 1 fully saturated rings. The molecule has 0 bridgehead atoms. The van der Waals surface area contributed by atoms with Gasteiger partial charge in [0.25, 0.3) is 5.91 Å². The summed E-state index contributed by atoms with van der Waals surface area (Å²) in [7, 11) is 0. The van der Waals surface area contributed by atoms with E-state index in [4.69, 9.17) is 0 Å². The largest absolute Gasteiger partial charge is 0.387 e. The average Bonchev–Trinajstić information content (AvgIpc) is 3.14. The van der Waals surface area contributed by atoms with Crippen molar-refractivity contribution in [3.63, 3.8) is 0 Å². The molecule has 0 radical (unpaired) electrons. The molecule has 2 rings (SSSR count). The number of amides is 1. The Balaban J connectivity index is 2.09. The van der Waals surface area contributed by atoms with E-state index in [0.717, 1.165) is 18.5 Å². The Kier molecular flexibility index (Phi) is 4.99. The number of aliphatic hydroxyl groups is 1. The number of rotatable bonds is 7. The van der Waals surface area contributed by atoms with Gasteiger partial charge in [-0.25, -0.2) is 0 Å². The maximum atomic E-state index is 12.4. The molecule has 118 valence electrons. The van der Waals surface area contributed by atoms with Gasteiger partial charge in [0.15, 0.2) is 0 Å². The average molecular weight is 311 g/mol. The Morgan fingerprint density at radius 1 is 1.62 bits per heavy atom. The van der Waals surface area contributed by atoms with Crippen LogP contribution >= 0.6 is 11.8 Å². The summed E-state index contributed by atoms with van der Waals surface area (Å²) >= 11 is 1.56. The zero-order chi connectivity index (χ0) is 15.6. The highest BCUT2D eigenvalue weighted by Gasteiger charge is 2.33. The molecule has 1 amide bonds. The fourth-order valence-electron chi connectivity index (χ4n) is 2.45. The summed E-state index contributed by atoms with van der Waals surface area (Å²) in [5, 5.41) is 17.3. The normalized spacial score (nSPS) is 17.8. The van der Waals surface area contributed by atoms with Crippen LogP contribution in [-0.4, -0.2) is 44.9 Å². The lowest BCUT2D eigenvalue weighted by atomic mass is 10.1. The third-order valence-corrected chi connectivity index (χ3v) is 4.53. The van der Waals surface area contributed by atoms with E-state index in [2.05, 4.69) is 24.3 Å². The van der Waals surface area contributed by atoms with Crippen LogP contribution in [0.2, 0.25) is 0 Å². The number of nitrogens with zero attached hydrogens (tertiary/aromatic N) is 2. The third kappa shape index (κ3) is 4.01. The maximum absolute atomic E-state index is 12.4. The molecule has 21 heavy (non-hydrogen) atoms. The summed E-state index contributed by atoms with van der Waals surface area (Å²) in [5.74, 6) is 0.918. The van der Waals surface area contributed by atoms with Crippen molar-refractivity contribution in [3.8, 4) is 0 Å².